The highest BCUT2D eigenvalue weighted by Gasteiger charge is 2.18. The van der Waals surface area contributed by atoms with Crippen LogP contribution in [-0.4, -0.2) is 23.9 Å². The number of amides is 1. The Morgan fingerprint density at radius 1 is 1.43 bits per heavy atom. The third-order valence-electron chi connectivity index (χ3n) is 4.09. The number of nitriles is 1. The molecule has 1 amide bonds. The van der Waals surface area contributed by atoms with Gasteiger partial charge in [-0.2, -0.15) is 5.26 Å². The standard InChI is InChI=1S/C17H21ClN4O/c1-22(14-5-3-2-4-6-14)11-12(10-19)17(23)21-16-8-7-13(20)9-15(16)18/h7-9,11,14H,2-6,20H2,1H3,(H,21,23)/b12-11-. The molecule has 2 rings (SSSR count). The molecular formula is C17H21ClN4O. The number of hydrogen-bond donors (Lipinski definition) is 2. The van der Waals surface area contributed by atoms with Crippen molar-refractivity contribution in [2.45, 2.75) is 38.1 Å². The Labute approximate surface area is 141 Å². The van der Waals surface area contributed by atoms with E-state index < -0.39 is 5.91 Å². The third-order valence-corrected chi connectivity index (χ3v) is 4.40. The molecule has 0 radical (unpaired) electrons. The molecule has 1 saturated carbocycles. The van der Waals surface area contributed by atoms with Crippen LogP contribution < -0.4 is 11.1 Å². The van der Waals surface area contributed by atoms with Crippen molar-refractivity contribution in [3.05, 3.63) is 35.0 Å². The minimum atomic E-state index is -0.471. The topological polar surface area (TPSA) is 82.2 Å². The van der Waals surface area contributed by atoms with E-state index in [0.717, 1.165) is 12.8 Å². The molecule has 0 atom stereocenters. The van der Waals surface area contributed by atoms with Gasteiger partial charge in [-0.25, -0.2) is 0 Å². The average Bonchev–Trinajstić information content (AvgIpc) is 2.55. The van der Waals surface area contributed by atoms with Gasteiger partial charge in [-0.05, 0) is 31.0 Å². The fourth-order valence-electron chi connectivity index (χ4n) is 2.76. The van der Waals surface area contributed by atoms with E-state index >= 15 is 0 Å². The lowest BCUT2D eigenvalue weighted by atomic mass is 9.94. The summed E-state index contributed by atoms with van der Waals surface area (Å²) in [5.74, 6) is -0.471. The van der Waals surface area contributed by atoms with Gasteiger partial charge in [0.05, 0.1) is 10.7 Å². The summed E-state index contributed by atoms with van der Waals surface area (Å²) in [6.45, 7) is 0. The molecule has 0 aromatic heterocycles. The van der Waals surface area contributed by atoms with E-state index in [2.05, 4.69) is 5.32 Å². The van der Waals surface area contributed by atoms with Crippen LogP contribution in [0.5, 0.6) is 0 Å². The van der Waals surface area contributed by atoms with E-state index in [1.54, 1.807) is 24.4 Å². The normalized spacial score (nSPS) is 15.8. The van der Waals surface area contributed by atoms with Gasteiger partial charge in [-0.3, -0.25) is 4.79 Å². The van der Waals surface area contributed by atoms with Crippen LogP contribution >= 0.6 is 11.6 Å². The highest BCUT2D eigenvalue weighted by molar-refractivity contribution is 6.34. The molecule has 1 aliphatic rings. The highest BCUT2D eigenvalue weighted by Crippen LogP contribution is 2.25. The predicted octanol–water partition coefficient (Wildman–Crippen LogP) is 3.53. The molecule has 0 aliphatic heterocycles. The summed E-state index contributed by atoms with van der Waals surface area (Å²) in [5, 5.41) is 12.3. The minimum absolute atomic E-state index is 0.0611. The molecule has 23 heavy (non-hydrogen) atoms. The molecule has 0 heterocycles. The molecule has 0 spiro atoms. The number of nitrogens with one attached hydrogen (secondary N) is 1. The van der Waals surface area contributed by atoms with Crippen LogP contribution in [0.3, 0.4) is 0 Å². The molecule has 0 unspecified atom stereocenters. The number of halogens is 1. The largest absolute Gasteiger partial charge is 0.399 e. The Morgan fingerprint density at radius 2 is 2.13 bits per heavy atom. The number of nitrogen functional groups attached to an aromatic ring is 1. The van der Waals surface area contributed by atoms with Crippen LogP contribution in [0.4, 0.5) is 11.4 Å². The maximum Gasteiger partial charge on any atom is 0.267 e. The van der Waals surface area contributed by atoms with Crippen LogP contribution in [0.1, 0.15) is 32.1 Å². The van der Waals surface area contributed by atoms with Gasteiger partial charge in [-0.15, -0.1) is 0 Å². The number of nitrogens with zero attached hydrogens (tertiary/aromatic N) is 2. The molecule has 1 fully saturated rings. The number of carbonyl (C=O) groups excluding carboxylic acids is 1. The van der Waals surface area contributed by atoms with Crippen LogP contribution in [0.2, 0.25) is 5.02 Å². The lowest BCUT2D eigenvalue weighted by Crippen LogP contribution is -2.30. The molecular weight excluding hydrogens is 312 g/mol. The Kier molecular flexibility index (Phi) is 5.89. The summed E-state index contributed by atoms with van der Waals surface area (Å²) in [5.41, 5.74) is 6.64. The van der Waals surface area contributed by atoms with Crippen molar-refractivity contribution in [2.75, 3.05) is 18.1 Å². The lowest BCUT2D eigenvalue weighted by molar-refractivity contribution is -0.112. The van der Waals surface area contributed by atoms with Gasteiger partial charge in [0.15, 0.2) is 0 Å². The number of hydrogen-bond acceptors (Lipinski definition) is 4. The maximum absolute atomic E-state index is 12.3. The van der Waals surface area contributed by atoms with E-state index in [4.69, 9.17) is 17.3 Å². The fourth-order valence-corrected chi connectivity index (χ4v) is 2.99. The van der Waals surface area contributed by atoms with E-state index in [-0.39, 0.29) is 5.57 Å². The third kappa shape index (κ3) is 4.64. The van der Waals surface area contributed by atoms with Gasteiger partial charge in [-0.1, -0.05) is 30.9 Å². The number of rotatable bonds is 4. The van der Waals surface area contributed by atoms with Gasteiger partial charge in [0.25, 0.3) is 5.91 Å². The van der Waals surface area contributed by atoms with Gasteiger partial charge in [0.1, 0.15) is 11.6 Å². The van der Waals surface area contributed by atoms with E-state index in [1.165, 1.54) is 19.3 Å². The first-order valence-electron chi connectivity index (χ1n) is 7.71. The SMILES string of the molecule is CN(/C=C(/C#N)C(=O)Nc1ccc(N)cc1Cl)C1CCCCC1. The van der Waals surface area contributed by atoms with Crippen molar-refractivity contribution < 1.29 is 4.79 Å². The van der Waals surface area contributed by atoms with Crippen molar-refractivity contribution in [1.29, 1.82) is 5.26 Å². The summed E-state index contributed by atoms with van der Waals surface area (Å²) in [4.78, 5) is 14.3. The summed E-state index contributed by atoms with van der Waals surface area (Å²) in [7, 11) is 1.91. The smallest absolute Gasteiger partial charge is 0.267 e. The summed E-state index contributed by atoms with van der Waals surface area (Å²) in [6, 6.07) is 7.17. The van der Waals surface area contributed by atoms with E-state index in [0.29, 0.717) is 22.4 Å². The zero-order valence-corrected chi connectivity index (χ0v) is 13.9. The quantitative estimate of drug-likeness (QED) is 0.502. The van der Waals surface area contributed by atoms with Crippen molar-refractivity contribution in [3.8, 4) is 6.07 Å². The predicted molar refractivity (Wildman–Crippen MR) is 92.8 cm³/mol. The molecule has 0 saturated heterocycles. The molecule has 6 heteroatoms. The molecule has 3 N–H and O–H groups in total. The average molecular weight is 333 g/mol. The summed E-state index contributed by atoms with van der Waals surface area (Å²) < 4.78 is 0. The second-order valence-corrected chi connectivity index (χ2v) is 6.21. The molecule has 0 bridgehead atoms. The van der Waals surface area contributed by atoms with Crippen LogP contribution in [0.25, 0.3) is 0 Å². The monoisotopic (exact) mass is 332 g/mol. The van der Waals surface area contributed by atoms with Crippen LogP contribution in [0, 0.1) is 11.3 Å². The molecule has 122 valence electrons. The van der Waals surface area contributed by atoms with E-state index in [1.807, 2.05) is 18.0 Å². The minimum Gasteiger partial charge on any atom is -0.399 e. The second kappa shape index (κ2) is 7.89. The zero-order chi connectivity index (χ0) is 16.8. The molecule has 1 aliphatic carbocycles. The number of anilines is 2. The molecule has 1 aromatic rings. The van der Waals surface area contributed by atoms with Crippen molar-refractivity contribution in [1.82, 2.24) is 4.90 Å². The second-order valence-electron chi connectivity index (χ2n) is 5.81. The Bertz CT molecular complexity index is 644. The van der Waals surface area contributed by atoms with Gasteiger partial charge in [0.2, 0.25) is 0 Å². The van der Waals surface area contributed by atoms with Crippen molar-refractivity contribution in [2.24, 2.45) is 0 Å². The van der Waals surface area contributed by atoms with Gasteiger partial charge < -0.3 is 16.0 Å². The van der Waals surface area contributed by atoms with Gasteiger partial charge in [0, 0.05) is 25.0 Å². The van der Waals surface area contributed by atoms with Crippen molar-refractivity contribution >= 4 is 28.9 Å². The zero-order valence-electron chi connectivity index (χ0n) is 13.2. The first-order chi connectivity index (χ1) is 11.0. The number of benzene rings is 1. The molecule has 5 nitrogen and oxygen atoms in total. The Hall–Kier alpha value is -2.19. The Morgan fingerprint density at radius 3 is 2.74 bits per heavy atom. The number of carbonyl (C=O) groups is 1. The Balaban J connectivity index is 2.08. The summed E-state index contributed by atoms with van der Waals surface area (Å²) >= 11 is 6.04. The van der Waals surface area contributed by atoms with Crippen molar-refractivity contribution in [3.63, 3.8) is 0 Å². The van der Waals surface area contributed by atoms with Crippen LogP contribution in [0.15, 0.2) is 30.0 Å². The highest BCUT2D eigenvalue weighted by atomic mass is 35.5. The van der Waals surface area contributed by atoms with Crippen LogP contribution in [-0.2, 0) is 4.79 Å². The fraction of sp³-hybridized carbons (Fsp3) is 0.412. The van der Waals surface area contributed by atoms with E-state index in [9.17, 15) is 10.1 Å². The first-order valence-corrected chi connectivity index (χ1v) is 8.09. The lowest BCUT2D eigenvalue weighted by Gasteiger charge is -2.30. The molecule has 1 aromatic carbocycles. The first kappa shape index (κ1) is 17.2. The summed E-state index contributed by atoms with van der Waals surface area (Å²) in [6.07, 6.45) is 7.45. The number of nitrogens with two attached hydrogens (primary N) is 1. The maximum atomic E-state index is 12.3. The van der Waals surface area contributed by atoms with Gasteiger partial charge >= 0.3 is 0 Å².